The summed E-state index contributed by atoms with van der Waals surface area (Å²) in [4.78, 5) is 14.3. The largest absolute Gasteiger partial charge is 0.399 e. The molecule has 0 bridgehead atoms. The maximum absolute atomic E-state index is 12.3. The van der Waals surface area contributed by atoms with Crippen LogP contribution in [-0.4, -0.2) is 41.1 Å². The van der Waals surface area contributed by atoms with E-state index in [-0.39, 0.29) is 18.6 Å². The fraction of sp³-hybridized carbons (Fsp3) is 0.500. The first kappa shape index (κ1) is 15.1. The topological polar surface area (TPSA) is 78.6 Å². The van der Waals surface area contributed by atoms with Gasteiger partial charge in [0, 0.05) is 18.3 Å². The second kappa shape index (κ2) is 6.43. The number of nitrogens with one attached hydrogen (secondary N) is 1. The van der Waals surface area contributed by atoms with Gasteiger partial charge in [-0.25, -0.2) is 0 Å². The Hall–Kier alpha value is -1.30. The normalized spacial score (nSPS) is 16.2. The van der Waals surface area contributed by atoms with Crippen molar-refractivity contribution in [3.63, 3.8) is 0 Å². The number of rotatable bonds is 6. The van der Waals surface area contributed by atoms with E-state index in [4.69, 9.17) is 22.4 Å². The van der Waals surface area contributed by atoms with Crippen molar-refractivity contribution >= 4 is 28.9 Å². The standard InChI is InChI=1S/C14H20ClN3O2/c1-9(18(6-7-19)11-3-4-11)14(20)17-13-5-2-10(16)8-12(13)15/h2,5,8-9,11,19H,3-4,6-7,16H2,1H3,(H,17,20). The molecule has 0 radical (unpaired) electrons. The third-order valence-electron chi connectivity index (χ3n) is 3.50. The molecule has 0 heterocycles. The van der Waals surface area contributed by atoms with E-state index in [0.29, 0.717) is 29.0 Å². The van der Waals surface area contributed by atoms with Gasteiger partial charge in [0.2, 0.25) is 5.91 Å². The van der Waals surface area contributed by atoms with Crippen LogP contribution in [0.4, 0.5) is 11.4 Å². The van der Waals surface area contributed by atoms with E-state index in [1.807, 2.05) is 11.8 Å². The molecule has 1 aliphatic carbocycles. The van der Waals surface area contributed by atoms with Crippen LogP contribution in [0.5, 0.6) is 0 Å². The summed E-state index contributed by atoms with van der Waals surface area (Å²) in [6.07, 6.45) is 2.17. The van der Waals surface area contributed by atoms with E-state index in [9.17, 15) is 4.79 Å². The average molecular weight is 298 g/mol. The van der Waals surface area contributed by atoms with E-state index in [1.165, 1.54) is 0 Å². The molecule has 20 heavy (non-hydrogen) atoms. The zero-order valence-electron chi connectivity index (χ0n) is 11.5. The molecule has 1 unspecified atom stereocenters. The minimum Gasteiger partial charge on any atom is -0.399 e. The Morgan fingerprint density at radius 2 is 2.30 bits per heavy atom. The Kier molecular flexibility index (Phi) is 4.86. The Balaban J connectivity index is 2.02. The molecule has 6 heteroatoms. The van der Waals surface area contributed by atoms with Crippen molar-refractivity contribution in [1.29, 1.82) is 0 Å². The van der Waals surface area contributed by atoms with Crippen molar-refractivity contribution in [2.24, 2.45) is 0 Å². The smallest absolute Gasteiger partial charge is 0.241 e. The van der Waals surface area contributed by atoms with Gasteiger partial charge in [0.1, 0.15) is 0 Å². The first-order chi connectivity index (χ1) is 9.52. The van der Waals surface area contributed by atoms with Crippen molar-refractivity contribution < 1.29 is 9.90 Å². The van der Waals surface area contributed by atoms with Crippen LogP contribution in [0, 0.1) is 0 Å². The molecule has 2 rings (SSSR count). The third kappa shape index (κ3) is 3.62. The number of aliphatic hydroxyl groups excluding tert-OH is 1. The van der Waals surface area contributed by atoms with Gasteiger partial charge in [-0.3, -0.25) is 9.69 Å². The van der Waals surface area contributed by atoms with Crippen molar-refractivity contribution in [3.8, 4) is 0 Å². The number of carbonyl (C=O) groups is 1. The lowest BCUT2D eigenvalue weighted by atomic mass is 10.2. The molecule has 110 valence electrons. The van der Waals surface area contributed by atoms with E-state index < -0.39 is 0 Å². The van der Waals surface area contributed by atoms with E-state index >= 15 is 0 Å². The lowest BCUT2D eigenvalue weighted by Crippen LogP contribution is -2.44. The van der Waals surface area contributed by atoms with Gasteiger partial charge in [0.15, 0.2) is 0 Å². The second-order valence-corrected chi connectivity index (χ2v) is 5.50. The number of nitrogen functional groups attached to an aromatic ring is 1. The summed E-state index contributed by atoms with van der Waals surface area (Å²) in [5, 5.41) is 12.3. The molecule has 1 saturated carbocycles. The van der Waals surface area contributed by atoms with E-state index in [2.05, 4.69) is 5.32 Å². The number of halogens is 1. The van der Waals surface area contributed by atoms with Gasteiger partial charge in [0.25, 0.3) is 0 Å². The van der Waals surface area contributed by atoms with Gasteiger partial charge in [-0.15, -0.1) is 0 Å². The Bertz CT molecular complexity index is 491. The molecule has 0 aromatic heterocycles. The number of carbonyl (C=O) groups excluding carboxylic acids is 1. The van der Waals surface area contributed by atoms with Crippen molar-refractivity contribution in [2.75, 3.05) is 24.2 Å². The number of hydrogen-bond acceptors (Lipinski definition) is 4. The van der Waals surface area contributed by atoms with Crippen LogP contribution in [-0.2, 0) is 4.79 Å². The maximum Gasteiger partial charge on any atom is 0.241 e. The molecule has 5 nitrogen and oxygen atoms in total. The van der Waals surface area contributed by atoms with Crippen molar-refractivity contribution in [2.45, 2.75) is 31.8 Å². The van der Waals surface area contributed by atoms with Crippen LogP contribution >= 0.6 is 11.6 Å². The first-order valence-electron chi connectivity index (χ1n) is 6.75. The fourth-order valence-electron chi connectivity index (χ4n) is 2.23. The predicted octanol–water partition coefficient (Wildman–Crippen LogP) is 1.71. The van der Waals surface area contributed by atoms with Crippen molar-refractivity contribution in [1.82, 2.24) is 4.90 Å². The number of aliphatic hydroxyl groups is 1. The summed E-state index contributed by atoms with van der Waals surface area (Å²) in [5.41, 5.74) is 6.73. The molecule has 1 aromatic carbocycles. The van der Waals surface area contributed by atoms with Gasteiger partial charge in [-0.2, -0.15) is 0 Å². The number of nitrogens with two attached hydrogens (primary N) is 1. The second-order valence-electron chi connectivity index (χ2n) is 5.10. The molecule has 0 spiro atoms. The van der Waals surface area contributed by atoms with Crippen LogP contribution in [0.3, 0.4) is 0 Å². The highest BCUT2D eigenvalue weighted by Crippen LogP contribution is 2.29. The molecular formula is C14H20ClN3O2. The fourth-order valence-corrected chi connectivity index (χ4v) is 2.47. The molecule has 1 aliphatic rings. The molecule has 0 saturated heterocycles. The number of benzene rings is 1. The summed E-state index contributed by atoms with van der Waals surface area (Å²) < 4.78 is 0. The minimum atomic E-state index is -0.303. The molecule has 1 fully saturated rings. The highest BCUT2D eigenvalue weighted by molar-refractivity contribution is 6.34. The monoisotopic (exact) mass is 297 g/mol. The average Bonchev–Trinajstić information content (AvgIpc) is 3.22. The Morgan fingerprint density at radius 3 is 2.85 bits per heavy atom. The SMILES string of the molecule is CC(C(=O)Nc1ccc(N)cc1Cl)N(CCO)C1CC1. The minimum absolute atomic E-state index is 0.0523. The quantitative estimate of drug-likeness (QED) is 0.699. The van der Waals surface area contributed by atoms with Gasteiger partial charge in [-0.1, -0.05) is 11.6 Å². The summed E-state index contributed by atoms with van der Waals surface area (Å²) in [5.74, 6) is -0.128. The number of hydrogen-bond donors (Lipinski definition) is 3. The van der Waals surface area contributed by atoms with Crippen molar-refractivity contribution in [3.05, 3.63) is 23.2 Å². The third-order valence-corrected chi connectivity index (χ3v) is 3.81. The summed E-state index contributed by atoms with van der Waals surface area (Å²) >= 11 is 6.05. The number of amides is 1. The highest BCUT2D eigenvalue weighted by Gasteiger charge is 2.34. The lowest BCUT2D eigenvalue weighted by Gasteiger charge is -2.27. The molecule has 0 aliphatic heterocycles. The number of anilines is 2. The van der Waals surface area contributed by atoms with Crippen LogP contribution < -0.4 is 11.1 Å². The molecule has 1 aromatic rings. The van der Waals surface area contributed by atoms with Crippen LogP contribution in [0.2, 0.25) is 5.02 Å². The van der Waals surface area contributed by atoms with Gasteiger partial charge >= 0.3 is 0 Å². The zero-order valence-corrected chi connectivity index (χ0v) is 12.2. The maximum atomic E-state index is 12.3. The van der Waals surface area contributed by atoms with Gasteiger partial charge < -0.3 is 16.2 Å². The van der Waals surface area contributed by atoms with Gasteiger partial charge in [-0.05, 0) is 38.0 Å². The summed E-state index contributed by atoms with van der Waals surface area (Å²) in [6.45, 7) is 2.40. The molecule has 1 atom stereocenters. The number of nitrogens with zero attached hydrogens (tertiary/aromatic N) is 1. The first-order valence-corrected chi connectivity index (χ1v) is 7.13. The summed E-state index contributed by atoms with van der Waals surface area (Å²) in [7, 11) is 0. The van der Waals surface area contributed by atoms with E-state index in [0.717, 1.165) is 12.8 Å². The lowest BCUT2D eigenvalue weighted by molar-refractivity contribution is -0.121. The molecule has 4 N–H and O–H groups in total. The highest BCUT2D eigenvalue weighted by atomic mass is 35.5. The van der Waals surface area contributed by atoms with Gasteiger partial charge in [0.05, 0.1) is 23.4 Å². The summed E-state index contributed by atoms with van der Waals surface area (Å²) in [6, 6.07) is 5.09. The predicted molar refractivity (Wildman–Crippen MR) is 80.8 cm³/mol. The van der Waals surface area contributed by atoms with Crippen LogP contribution in [0.1, 0.15) is 19.8 Å². The van der Waals surface area contributed by atoms with Crippen LogP contribution in [0.15, 0.2) is 18.2 Å². The molecular weight excluding hydrogens is 278 g/mol. The van der Waals surface area contributed by atoms with E-state index in [1.54, 1.807) is 18.2 Å². The Morgan fingerprint density at radius 1 is 1.60 bits per heavy atom. The van der Waals surface area contributed by atoms with Crippen LogP contribution in [0.25, 0.3) is 0 Å². The Labute approximate surface area is 123 Å². The molecule has 1 amide bonds. The zero-order chi connectivity index (χ0) is 14.7.